The first-order valence-corrected chi connectivity index (χ1v) is 10.9. The Labute approximate surface area is 176 Å². The van der Waals surface area contributed by atoms with Gasteiger partial charge in [0.25, 0.3) is 5.91 Å². The molecule has 1 amide bonds. The Morgan fingerprint density at radius 2 is 1.90 bits per heavy atom. The minimum Gasteiger partial charge on any atom is -0.339 e. The number of piperidine rings is 1. The van der Waals surface area contributed by atoms with Gasteiger partial charge in [0, 0.05) is 50.2 Å². The van der Waals surface area contributed by atoms with Crippen molar-refractivity contribution in [3.05, 3.63) is 47.2 Å². The number of rotatable bonds is 4. The highest BCUT2D eigenvalue weighted by molar-refractivity contribution is 5.94. The minimum atomic E-state index is -0.0629. The molecule has 7 nitrogen and oxygen atoms in total. The number of nitrogens with one attached hydrogen (secondary N) is 1. The molecule has 2 aromatic heterocycles. The van der Waals surface area contributed by atoms with E-state index in [1.807, 2.05) is 24.0 Å². The van der Waals surface area contributed by atoms with Crippen LogP contribution in [0.2, 0.25) is 0 Å². The third kappa shape index (κ3) is 4.01. The molecule has 7 heteroatoms. The molecule has 2 aliphatic heterocycles. The van der Waals surface area contributed by atoms with Gasteiger partial charge in [-0.05, 0) is 56.2 Å². The summed E-state index contributed by atoms with van der Waals surface area (Å²) in [5.41, 5.74) is 2.75. The van der Waals surface area contributed by atoms with Crippen molar-refractivity contribution in [3.63, 3.8) is 0 Å². The zero-order valence-electron chi connectivity index (χ0n) is 17.6. The average molecular weight is 408 g/mol. The lowest BCUT2D eigenvalue weighted by Crippen LogP contribution is -2.36. The molecule has 0 radical (unpaired) electrons. The van der Waals surface area contributed by atoms with Crippen molar-refractivity contribution >= 4 is 23.3 Å². The van der Waals surface area contributed by atoms with Crippen LogP contribution < -0.4 is 10.4 Å². The highest BCUT2D eigenvalue weighted by Gasteiger charge is 2.24. The molecule has 0 bridgehead atoms. The first-order valence-electron chi connectivity index (χ1n) is 10.9. The van der Waals surface area contributed by atoms with E-state index in [9.17, 15) is 9.59 Å². The fourth-order valence-corrected chi connectivity index (χ4v) is 4.32. The molecule has 2 aliphatic rings. The van der Waals surface area contributed by atoms with Crippen molar-refractivity contribution in [2.24, 2.45) is 0 Å². The van der Waals surface area contributed by atoms with Crippen LogP contribution in [0, 0.1) is 5.41 Å². The van der Waals surface area contributed by atoms with Crippen molar-refractivity contribution < 1.29 is 9.59 Å². The van der Waals surface area contributed by atoms with Crippen LogP contribution in [-0.2, 0) is 6.42 Å². The fourth-order valence-electron chi connectivity index (χ4n) is 4.32. The lowest BCUT2D eigenvalue weighted by atomic mass is 10.0. The first kappa shape index (κ1) is 20.3. The van der Waals surface area contributed by atoms with Crippen molar-refractivity contribution in [1.82, 2.24) is 14.5 Å². The van der Waals surface area contributed by atoms with Crippen LogP contribution in [0.15, 0.2) is 30.6 Å². The van der Waals surface area contributed by atoms with Crippen LogP contribution >= 0.6 is 0 Å². The highest BCUT2D eigenvalue weighted by atomic mass is 16.2. The Morgan fingerprint density at radius 3 is 2.63 bits per heavy atom. The second-order valence-electron chi connectivity index (χ2n) is 8.10. The number of fused-ring (bicyclic) bond motifs is 1. The maximum Gasteiger partial charge on any atom is 0.255 e. The SMILES string of the molecule is CCCC(=O)n1ccc(N2CCCc3cc(C(=O)N4CCCCC4)cnc32)cc1=N. The number of hydrogen-bond donors (Lipinski definition) is 1. The summed E-state index contributed by atoms with van der Waals surface area (Å²) in [6.07, 6.45) is 9.72. The largest absolute Gasteiger partial charge is 0.339 e. The number of anilines is 2. The van der Waals surface area contributed by atoms with Crippen LogP contribution in [0.3, 0.4) is 0 Å². The first-order chi connectivity index (χ1) is 14.6. The predicted molar refractivity (Wildman–Crippen MR) is 115 cm³/mol. The standard InChI is InChI=1S/C23H29N5O2/c1-2-7-21(29)28-13-9-19(15-20(28)24)27-12-6-8-17-14-18(16-25-22(17)27)23(30)26-10-4-3-5-11-26/h9,13-16,24H,2-8,10-12H2,1H3. The zero-order valence-corrected chi connectivity index (χ0v) is 17.6. The molecule has 158 valence electrons. The van der Waals surface area contributed by atoms with Gasteiger partial charge in [-0.15, -0.1) is 0 Å². The van der Waals surface area contributed by atoms with E-state index in [2.05, 4.69) is 9.88 Å². The molecule has 30 heavy (non-hydrogen) atoms. The van der Waals surface area contributed by atoms with Gasteiger partial charge in [0.05, 0.1) is 5.56 Å². The van der Waals surface area contributed by atoms with E-state index < -0.39 is 0 Å². The Kier molecular flexibility index (Phi) is 5.97. The second kappa shape index (κ2) is 8.81. The van der Waals surface area contributed by atoms with Crippen LogP contribution in [0.5, 0.6) is 0 Å². The Hall–Kier alpha value is -2.96. The quantitative estimate of drug-likeness (QED) is 0.841. The van der Waals surface area contributed by atoms with Gasteiger partial charge in [-0.3, -0.25) is 19.6 Å². The molecule has 0 spiro atoms. The maximum atomic E-state index is 12.8. The number of aromatic nitrogens is 2. The van der Waals surface area contributed by atoms with Gasteiger partial charge in [0.15, 0.2) is 0 Å². The van der Waals surface area contributed by atoms with Gasteiger partial charge in [-0.1, -0.05) is 6.92 Å². The average Bonchev–Trinajstić information content (AvgIpc) is 2.78. The summed E-state index contributed by atoms with van der Waals surface area (Å²) in [5.74, 6) is 0.853. The lowest BCUT2D eigenvalue weighted by Gasteiger charge is -2.31. The molecule has 0 aromatic carbocycles. The van der Waals surface area contributed by atoms with Gasteiger partial charge in [-0.2, -0.15) is 0 Å². The number of amides is 1. The van der Waals surface area contributed by atoms with Gasteiger partial charge >= 0.3 is 0 Å². The van der Waals surface area contributed by atoms with Crippen LogP contribution in [0.1, 0.15) is 66.2 Å². The predicted octanol–water partition coefficient (Wildman–Crippen LogP) is 3.51. The Balaban J connectivity index is 1.60. The number of carbonyl (C=O) groups is 2. The second-order valence-corrected chi connectivity index (χ2v) is 8.10. The molecule has 4 heterocycles. The number of carbonyl (C=O) groups excluding carboxylic acids is 2. The summed E-state index contributed by atoms with van der Waals surface area (Å²) in [6.45, 7) is 4.41. The minimum absolute atomic E-state index is 0.0629. The molecule has 0 unspecified atom stereocenters. The normalized spacial score (nSPS) is 16.3. The number of pyridine rings is 2. The van der Waals surface area contributed by atoms with Gasteiger partial charge < -0.3 is 9.80 Å². The lowest BCUT2D eigenvalue weighted by molar-refractivity contribution is 0.0723. The van der Waals surface area contributed by atoms with Crippen molar-refractivity contribution in [2.45, 2.75) is 51.9 Å². The smallest absolute Gasteiger partial charge is 0.255 e. The van der Waals surface area contributed by atoms with Gasteiger partial charge in [-0.25, -0.2) is 4.98 Å². The third-order valence-electron chi connectivity index (χ3n) is 5.90. The maximum absolute atomic E-state index is 12.8. The molecular weight excluding hydrogens is 378 g/mol. The van der Waals surface area contributed by atoms with Gasteiger partial charge in [0.2, 0.25) is 5.91 Å². The zero-order chi connectivity index (χ0) is 21.1. The van der Waals surface area contributed by atoms with Crippen LogP contribution in [-0.4, -0.2) is 45.9 Å². The van der Waals surface area contributed by atoms with Crippen LogP contribution in [0.25, 0.3) is 0 Å². The van der Waals surface area contributed by atoms with E-state index in [1.165, 1.54) is 11.0 Å². The van der Waals surface area contributed by atoms with Crippen LogP contribution in [0.4, 0.5) is 11.5 Å². The Bertz CT molecular complexity index is 1010. The molecular formula is C23H29N5O2. The third-order valence-corrected chi connectivity index (χ3v) is 5.90. The van der Waals surface area contributed by atoms with E-state index in [0.717, 1.165) is 68.8 Å². The number of likely N-dealkylation sites (tertiary alicyclic amines) is 1. The molecule has 0 atom stereocenters. The van der Waals surface area contributed by atoms with E-state index >= 15 is 0 Å². The van der Waals surface area contributed by atoms with E-state index in [0.29, 0.717) is 12.0 Å². The van der Waals surface area contributed by atoms with E-state index in [1.54, 1.807) is 18.5 Å². The van der Waals surface area contributed by atoms with Crippen molar-refractivity contribution in [3.8, 4) is 0 Å². The molecule has 0 aliphatic carbocycles. The monoisotopic (exact) mass is 407 g/mol. The number of aryl methyl sites for hydroxylation is 1. The molecule has 1 fully saturated rings. The molecule has 0 saturated carbocycles. The topological polar surface area (TPSA) is 82.3 Å². The van der Waals surface area contributed by atoms with E-state index in [-0.39, 0.29) is 17.3 Å². The highest BCUT2D eigenvalue weighted by Crippen LogP contribution is 2.31. The molecule has 4 rings (SSSR count). The summed E-state index contributed by atoms with van der Waals surface area (Å²) in [5, 5.41) is 8.27. The number of nitrogens with zero attached hydrogens (tertiary/aromatic N) is 4. The fraction of sp³-hybridized carbons (Fsp3) is 0.478. The Morgan fingerprint density at radius 1 is 1.10 bits per heavy atom. The summed E-state index contributed by atoms with van der Waals surface area (Å²) in [7, 11) is 0. The molecule has 2 aromatic rings. The molecule has 1 N–H and O–H groups in total. The van der Waals surface area contributed by atoms with E-state index in [4.69, 9.17) is 5.41 Å². The van der Waals surface area contributed by atoms with Crippen molar-refractivity contribution in [2.75, 3.05) is 24.5 Å². The summed E-state index contributed by atoms with van der Waals surface area (Å²) < 4.78 is 1.39. The number of hydrogen-bond acceptors (Lipinski definition) is 5. The van der Waals surface area contributed by atoms with Crippen molar-refractivity contribution in [1.29, 1.82) is 5.41 Å². The summed E-state index contributed by atoms with van der Waals surface area (Å²) in [6, 6.07) is 5.58. The summed E-state index contributed by atoms with van der Waals surface area (Å²) in [4.78, 5) is 33.7. The summed E-state index contributed by atoms with van der Waals surface area (Å²) >= 11 is 0. The molecule has 1 saturated heterocycles. The van der Waals surface area contributed by atoms with Gasteiger partial charge in [0.1, 0.15) is 11.3 Å².